The Balaban J connectivity index is 1.56. The Morgan fingerprint density at radius 1 is 1.14 bits per heavy atom. The molecule has 4 rings (SSSR count). The van der Waals surface area contributed by atoms with Gasteiger partial charge in [-0.05, 0) is 51.1 Å². The minimum absolute atomic E-state index is 0.0943. The summed E-state index contributed by atoms with van der Waals surface area (Å²) in [5, 5.41) is 21.8. The van der Waals surface area contributed by atoms with Crippen LogP contribution in [0.4, 0.5) is 18.9 Å². The lowest BCUT2D eigenvalue weighted by Crippen LogP contribution is -2.37. The Bertz CT molecular complexity index is 1590. The fraction of sp³-hybridized carbons (Fsp3) is 0.385. The summed E-state index contributed by atoms with van der Waals surface area (Å²) in [6.07, 6.45) is -3.17. The van der Waals surface area contributed by atoms with Crippen molar-refractivity contribution in [3.63, 3.8) is 0 Å². The predicted octanol–water partition coefficient (Wildman–Crippen LogP) is 3.46. The van der Waals surface area contributed by atoms with Gasteiger partial charge in [0.25, 0.3) is 0 Å². The van der Waals surface area contributed by atoms with Crippen molar-refractivity contribution in [2.24, 2.45) is 0 Å². The van der Waals surface area contributed by atoms with Gasteiger partial charge >= 0.3 is 17.8 Å². The van der Waals surface area contributed by atoms with Gasteiger partial charge in [-0.15, -0.1) is 10.2 Å². The fourth-order valence-corrected chi connectivity index (χ4v) is 3.95. The van der Waals surface area contributed by atoms with Crippen LogP contribution in [-0.2, 0) is 22.6 Å². The highest BCUT2D eigenvalue weighted by atomic mass is 35.5. The van der Waals surface area contributed by atoms with Crippen molar-refractivity contribution in [1.82, 2.24) is 34.1 Å². The van der Waals surface area contributed by atoms with Crippen LogP contribution in [0.3, 0.4) is 0 Å². The van der Waals surface area contributed by atoms with Crippen molar-refractivity contribution in [3.8, 4) is 17.1 Å². The van der Waals surface area contributed by atoms with Gasteiger partial charge in [0.2, 0.25) is 0 Å². The summed E-state index contributed by atoms with van der Waals surface area (Å²) >= 11 is 5.92. The van der Waals surface area contributed by atoms with Crippen molar-refractivity contribution in [3.05, 3.63) is 70.4 Å². The summed E-state index contributed by atoms with van der Waals surface area (Å²) < 4.78 is 47.7. The maximum Gasteiger partial charge on any atom is 0.416 e. The highest BCUT2D eigenvalue weighted by molar-refractivity contribution is 6.30. The van der Waals surface area contributed by atoms with Gasteiger partial charge < -0.3 is 15.2 Å². The third-order valence-corrected chi connectivity index (χ3v) is 5.95. The first-order valence-corrected chi connectivity index (χ1v) is 13.1. The third kappa shape index (κ3) is 7.73. The van der Waals surface area contributed by atoms with Crippen LogP contribution < -0.4 is 11.0 Å². The zero-order chi connectivity index (χ0) is 30.7. The number of hydrogen-bond acceptors (Lipinski definition) is 9. The molecule has 0 unspecified atom stereocenters. The topological polar surface area (TPSA) is 142 Å². The van der Waals surface area contributed by atoms with E-state index in [1.165, 1.54) is 41.5 Å². The normalized spacial score (nSPS) is 12.8. The molecule has 0 spiro atoms. The molecule has 0 bridgehead atoms. The maximum absolute atomic E-state index is 13.1. The lowest BCUT2D eigenvalue weighted by molar-refractivity contribution is -0.207. The van der Waals surface area contributed by atoms with Crippen molar-refractivity contribution < 1.29 is 27.8 Å². The SMILES string of the molecule is CC(C)(C)OC(=O)CCNc1ccncc1-n1cnc(Cn2nc(-c3ccc(Cl)cc3)n(C[C@H](O)C(F)(F)F)c2=O)n1. The summed E-state index contributed by atoms with van der Waals surface area (Å²) in [7, 11) is 0. The van der Waals surface area contributed by atoms with Gasteiger partial charge in [-0.25, -0.2) is 19.1 Å². The molecule has 3 aromatic heterocycles. The number of ether oxygens (including phenoxy) is 1. The van der Waals surface area contributed by atoms with Crippen LogP contribution in [0.2, 0.25) is 5.02 Å². The molecule has 0 aliphatic rings. The maximum atomic E-state index is 13.1. The fourth-order valence-electron chi connectivity index (χ4n) is 3.83. The summed E-state index contributed by atoms with van der Waals surface area (Å²) in [6, 6.07) is 7.68. The van der Waals surface area contributed by atoms with Crippen molar-refractivity contribution >= 4 is 23.3 Å². The lowest BCUT2D eigenvalue weighted by atomic mass is 10.2. The number of aliphatic hydroxyl groups excluding tert-OH is 1. The molecular formula is C26H28ClF3N8O4. The molecule has 224 valence electrons. The number of esters is 1. The van der Waals surface area contributed by atoms with Crippen LogP contribution >= 0.6 is 11.6 Å². The molecule has 1 atom stereocenters. The zero-order valence-electron chi connectivity index (χ0n) is 22.8. The van der Waals surface area contributed by atoms with Crippen LogP contribution in [0, 0.1) is 0 Å². The summed E-state index contributed by atoms with van der Waals surface area (Å²) in [4.78, 5) is 33.5. The molecule has 12 nitrogen and oxygen atoms in total. The molecule has 42 heavy (non-hydrogen) atoms. The second kappa shape index (κ2) is 12.3. The molecule has 1 aromatic carbocycles. The number of nitrogens with zero attached hydrogens (tertiary/aromatic N) is 7. The van der Waals surface area contributed by atoms with Crippen molar-refractivity contribution in [2.75, 3.05) is 11.9 Å². The molecule has 2 N–H and O–H groups in total. The number of benzene rings is 1. The number of carbonyl (C=O) groups is 1. The van der Waals surface area contributed by atoms with Gasteiger partial charge in [0.15, 0.2) is 17.8 Å². The van der Waals surface area contributed by atoms with Gasteiger partial charge in [0.1, 0.15) is 24.2 Å². The summed E-state index contributed by atoms with van der Waals surface area (Å²) in [5.74, 6) is -0.327. The molecule has 0 amide bonds. The number of anilines is 1. The first kappa shape index (κ1) is 30.7. The smallest absolute Gasteiger partial charge is 0.416 e. The van der Waals surface area contributed by atoms with Crippen LogP contribution in [0.5, 0.6) is 0 Å². The van der Waals surface area contributed by atoms with E-state index in [2.05, 4.69) is 25.5 Å². The van der Waals surface area contributed by atoms with Gasteiger partial charge in [-0.2, -0.15) is 13.2 Å². The van der Waals surface area contributed by atoms with E-state index in [9.17, 15) is 27.9 Å². The number of aromatic nitrogens is 7. The number of carbonyl (C=O) groups excluding carboxylic acids is 1. The van der Waals surface area contributed by atoms with E-state index in [1.54, 1.807) is 33.0 Å². The van der Waals surface area contributed by atoms with Gasteiger partial charge in [0.05, 0.1) is 24.8 Å². The lowest BCUT2D eigenvalue weighted by Gasteiger charge is -2.19. The largest absolute Gasteiger partial charge is 0.460 e. The Morgan fingerprint density at radius 2 is 1.86 bits per heavy atom. The first-order valence-electron chi connectivity index (χ1n) is 12.7. The van der Waals surface area contributed by atoms with Gasteiger partial charge in [-0.1, -0.05) is 11.6 Å². The summed E-state index contributed by atoms with van der Waals surface area (Å²) in [6.45, 7) is 4.29. The molecule has 0 saturated heterocycles. The number of nitrogens with one attached hydrogen (secondary N) is 1. The average Bonchev–Trinajstić information content (AvgIpc) is 3.48. The molecule has 4 aromatic rings. The van der Waals surface area contributed by atoms with E-state index < -0.39 is 30.1 Å². The molecule has 0 fully saturated rings. The highest BCUT2D eigenvalue weighted by Gasteiger charge is 2.39. The molecule has 0 radical (unpaired) electrons. The quantitative estimate of drug-likeness (QED) is 0.259. The average molecular weight is 609 g/mol. The standard InChI is InChI=1S/C26H28ClF3N8O4/c1-25(2,3)42-22(40)9-11-32-18-8-10-31-12-19(18)38-15-33-21(34-38)14-37-24(41)36(13-20(39)26(28,29)30)23(35-37)16-4-6-17(27)7-5-16/h4-8,10,12,15,20,39H,9,11,13-14H2,1-3H3,(H,31,32)/t20-/m0/s1. The van der Waals surface area contributed by atoms with Crippen LogP contribution in [0.25, 0.3) is 17.1 Å². The van der Waals surface area contributed by atoms with Crippen LogP contribution in [-0.4, -0.2) is 69.6 Å². The summed E-state index contributed by atoms with van der Waals surface area (Å²) in [5.41, 5.74) is -0.0844. The van der Waals surface area contributed by atoms with E-state index in [1.807, 2.05) is 0 Å². The number of aliphatic hydroxyl groups is 1. The first-order chi connectivity index (χ1) is 19.7. The molecular weight excluding hydrogens is 581 g/mol. The number of hydrogen-bond donors (Lipinski definition) is 2. The minimum atomic E-state index is -4.94. The zero-order valence-corrected chi connectivity index (χ0v) is 23.6. The number of halogens is 4. The Kier molecular flexibility index (Phi) is 9.01. The Hall–Kier alpha value is -4.24. The van der Waals surface area contributed by atoms with E-state index >= 15 is 0 Å². The molecule has 0 aliphatic heterocycles. The second-order valence-electron chi connectivity index (χ2n) is 10.2. The van der Waals surface area contributed by atoms with Crippen LogP contribution in [0.1, 0.15) is 33.0 Å². The van der Waals surface area contributed by atoms with Gasteiger partial charge in [-0.3, -0.25) is 14.3 Å². The van der Waals surface area contributed by atoms with Crippen molar-refractivity contribution in [1.29, 1.82) is 0 Å². The van der Waals surface area contributed by atoms with Crippen LogP contribution in [0.15, 0.2) is 53.8 Å². The highest BCUT2D eigenvalue weighted by Crippen LogP contribution is 2.24. The monoisotopic (exact) mass is 608 g/mol. The molecule has 16 heteroatoms. The second-order valence-corrected chi connectivity index (χ2v) is 10.6. The Morgan fingerprint density at radius 3 is 2.52 bits per heavy atom. The van der Waals surface area contributed by atoms with E-state index in [0.717, 1.165) is 9.25 Å². The third-order valence-electron chi connectivity index (χ3n) is 5.70. The predicted molar refractivity (Wildman–Crippen MR) is 146 cm³/mol. The molecule has 3 heterocycles. The molecule has 0 saturated carbocycles. The van der Waals surface area contributed by atoms with Gasteiger partial charge in [0, 0.05) is 23.3 Å². The number of alkyl halides is 3. The minimum Gasteiger partial charge on any atom is -0.460 e. The van der Waals surface area contributed by atoms with E-state index in [4.69, 9.17) is 16.3 Å². The number of rotatable bonds is 10. The Labute approximate surface area is 242 Å². The van der Waals surface area contributed by atoms with E-state index in [0.29, 0.717) is 22.0 Å². The van der Waals surface area contributed by atoms with Crippen molar-refractivity contribution in [2.45, 2.75) is 58.2 Å². The van der Waals surface area contributed by atoms with E-state index in [-0.39, 0.29) is 37.1 Å². The molecule has 0 aliphatic carbocycles. The number of pyridine rings is 1.